The molecule has 0 unspecified atom stereocenters. The fourth-order valence-corrected chi connectivity index (χ4v) is 1.74. The van der Waals surface area contributed by atoms with Gasteiger partial charge in [-0.3, -0.25) is 0 Å². The first-order chi connectivity index (χ1) is 11.7. The van der Waals surface area contributed by atoms with E-state index in [1.165, 1.54) is 0 Å². The third-order valence-electron chi connectivity index (χ3n) is 2.85. The van der Waals surface area contributed by atoms with E-state index in [-0.39, 0.29) is 18.0 Å². The van der Waals surface area contributed by atoms with Crippen molar-refractivity contribution in [3.63, 3.8) is 0 Å². The molecular formula is C19H21ClLrO5-2. The summed E-state index contributed by atoms with van der Waals surface area (Å²) in [5.74, 6) is 7.66. The van der Waals surface area contributed by atoms with Crippen LogP contribution in [-0.4, -0.2) is 34.3 Å². The minimum atomic E-state index is -0.661. The van der Waals surface area contributed by atoms with Crippen LogP contribution in [0.4, 0.5) is 0 Å². The van der Waals surface area contributed by atoms with E-state index in [0.29, 0.717) is 11.5 Å². The predicted octanol–water partition coefficient (Wildman–Crippen LogP) is 2.56. The Morgan fingerprint density at radius 3 is 1.73 bits per heavy atom. The van der Waals surface area contributed by atoms with Crippen LogP contribution < -0.4 is 9.47 Å². The van der Waals surface area contributed by atoms with Crippen LogP contribution in [0, 0.1) is 26.1 Å². The van der Waals surface area contributed by atoms with Gasteiger partial charge < -0.3 is 25.2 Å². The Morgan fingerprint density at radius 1 is 0.923 bits per heavy atom. The summed E-state index contributed by atoms with van der Waals surface area (Å²) in [6.45, 7) is 0.176. The molecule has 2 aromatic rings. The van der Waals surface area contributed by atoms with Gasteiger partial charge in [0.2, 0.25) is 0 Å². The molecule has 26 heavy (non-hydrogen) atoms. The third kappa shape index (κ3) is 8.57. The average Bonchev–Trinajstić information content (AvgIpc) is 2.67. The van der Waals surface area contributed by atoms with Crippen LogP contribution in [0.15, 0.2) is 48.5 Å². The maximum Gasteiger partial charge on any atom is 0.119 e. The minimum Gasteiger partial charge on any atom is -0.665 e. The normalized spacial score (nSPS) is 9.73. The third-order valence-corrected chi connectivity index (χ3v) is 3.20. The zero-order chi connectivity index (χ0) is 17.8. The van der Waals surface area contributed by atoms with Gasteiger partial charge in [0, 0.05) is 11.1 Å². The van der Waals surface area contributed by atoms with Crippen LogP contribution >= 0.6 is 11.6 Å². The number of benzene rings is 2. The van der Waals surface area contributed by atoms with Crippen molar-refractivity contribution in [2.75, 3.05) is 12.5 Å². The smallest absolute Gasteiger partial charge is 0.119 e. The maximum atomic E-state index is 9.33. The number of aliphatic hydroxyl groups excluding tert-OH is 2. The first kappa shape index (κ1) is 25.0. The Bertz CT molecular complexity index is 650. The number of hydrogen-bond donors (Lipinski definition) is 2. The topological polar surface area (TPSA) is 90.4 Å². The van der Waals surface area contributed by atoms with E-state index < -0.39 is 6.10 Å². The first-order valence-corrected chi connectivity index (χ1v) is 7.57. The van der Waals surface area contributed by atoms with Crippen LogP contribution in [0.3, 0.4) is 0 Å². The zero-order valence-corrected chi connectivity index (χ0v) is 16.8. The SMILES string of the molecule is O.[CH2-]O.[CH2-]Oc1ccc(C#Cc2ccc(OC[C@H](O)CCl)cc2)cc1.[Lr]. The van der Waals surface area contributed by atoms with E-state index in [4.69, 9.17) is 26.2 Å². The summed E-state index contributed by atoms with van der Waals surface area (Å²) in [5, 5.41) is 16.1. The van der Waals surface area contributed by atoms with E-state index in [0.717, 1.165) is 11.1 Å². The van der Waals surface area contributed by atoms with Gasteiger partial charge in [-0.1, -0.05) is 11.8 Å². The Hall–Kier alpha value is -3.23. The van der Waals surface area contributed by atoms with Crippen molar-refractivity contribution in [1.82, 2.24) is 0 Å². The average molecular weight is 627 g/mol. The van der Waals surface area contributed by atoms with Crippen molar-refractivity contribution in [1.29, 1.82) is 0 Å². The fraction of sp³-hybridized carbons (Fsp3) is 0.158. The molecule has 0 bridgehead atoms. The van der Waals surface area contributed by atoms with Crippen LogP contribution in [0.25, 0.3) is 0 Å². The van der Waals surface area contributed by atoms with E-state index >= 15 is 0 Å². The van der Waals surface area contributed by atoms with Gasteiger partial charge in [0.05, 0.1) is 11.6 Å². The predicted molar refractivity (Wildman–Crippen MR) is 98.0 cm³/mol. The molecule has 1 radical (unpaired) electrons. The van der Waals surface area contributed by atoms with Gasteiger partial charge >= 0.3 is 0 Å². The molecule has 0 amide bonds. The van der Waals surface area contributed by atoms with Gasteiger partial charge in [-0.2, -0.15) is 7.11 Å². The van der Waals surface area contributed by atoms with Crippen LogP contribution in [0.5, 0.6) is 11.5 Å². The summed E-state index contributed by atoms with van der Waals surface area (Å²) in [4.78, 5) is 0. The van der Waals surface area contributed by atoms with Gasteiger partial charge in [0.15, 0.2) is 0 Å². The van der Waals surface area contributed by atoms with Gasteiger partial charge in [-0.05, 0) is 48.5 Å². The van der Waals surface area contributed by atoms with Crippen molar-refractivity contribution in [2.45, 2.75) is 6.10 Å². The van der Waals surface area contributed by atoms with Gasteiger partial charge in [0.25, 0.3) is 0 Å². The molecule has 151 valence electrons. The first-order valence-electron chi connectivity index (χ1n) is 7.04. The molecule has 0 aliphatic carbocycles. The second-order valence-electron chi connectivity index (χ2n) is 4.56. The summed E-state index contributed by atoms with van der Waals surface area (Å²) in [7, 11) is 5.60. The standard InChI is InChI=1S/C18H16ClO3.CH3O.Lr.H2O/c1-21-17-8-4-14(5-9-17)2-3-15-6-10-18(11-7-15)22-13-16(20)12-19;1-2;;/h4-11,16,20H,1,12-13H2;2H,1H2;;1H2/q2*-1;;/t16-;;;/m1.../s1. The molecule has 1 atom stereocenters. The number of ether oxygens (including phenoxy) is 2. The zero-order valence-electron chi connectivity index (χ0n) is 13.9. The van der Waals surface area contributed by atoms with Crippen LogP contribution in [0.1, 0.15) is 11.1 Å². The van der Waals surface area contributed by atoms with E-state index in [9.17, 15) is 5.11 Å². The van der Waals surface area contributed by atoms with E-state index in [1.807, 2.05) is 48.5 Å². The second kappa shape index (κ2) is 14.1. The summed E-state index contributed by atoms with van der Waals surface area (Å²) in [5.41, 5.74) is 1.77. The quantitative estimate of drug-likeness (QED) is 0.304. The maximum absolute atomic E-state index is 9.33. The van der Waals surface area contributed by atoms with Crippen molar-refractivity contribution in [3.8, 4) is 23.3 Å². The Kier molecular flexibility index (Phi) is 13.6. The molecule has 0 aromatic heterocycles. The Labute approximate surface area is 153 Å². The molecule has 2 aromatic carbocycles. The molecule has 0 fully saturated rings. The molecule has 7 heteroatoms. The molecule has 0 heterocycles. The number of aliphatic hydroxyl groups is 2. The number of alkyl halides is 1. The number of hydrogen-bond acceptors (Lipinski definition) is 4. The molecule has 4 N–H and O–H groups in total. The van der Waals surface area contributed by atoms with Gasteiger partial charge in [0.1, 0.15) is 18.5 Å². The number of rotatable bonds is 5. The largest absolute Gasteiger partial charge is 0.665 e. The molecule has 0 saturated carbocycles. The molecule has 0 aliphatic heterocycles. The van der Waals surface area contributed by atoms with E-state index in [1.54, 1.807) is 0 Å². The molecule has 5 nitrogen and oxygen atoms in total. The van der Waals surface area contributed by atoms with Crippen molar-refractivity contribution in [2.24, 2.45) is 0 Å². The summed E-state index contributed by atoms with van der Waals surface area (Å²) >= 11 is 5.50. The Morgan fingerprint density at radius 2 is 1.35 bits per heavy atom. The monoisotopic (exact) mass is 626 g/mol. The van der Waals surface area contributed by atoms with Gasteiger partial charge in [-0.25, -0.2) is 7.11 Å². The van der Waals surface area contributed by atoms with Crippen LogP contribution in [-0.2, 0) is 0 Å². The Balaban J connectivity index is 0. The number of halogens is 1. The van der Waals surface area contributed by atoms with Crippen molar-refractivity contribution < 1.29 is 25.2 Å². The summed E-state index contributed by atoms with van der Waals surface area (Å²) < 4.78 is 10.3. The molecule has 0 saturated heterocycles. The molecule has 2 rings (SSSR count). The van der Waals surface area contributed by atoms with Crippen LogP contribution in [0.2, 0.25) is 0 Å². The van der Waals surface area contributed by atoms with Crippen molar-refractivity contribution >= 4 is 11.6 Å². The summed E-state index contributed by atoms with van der Waals surface area (Å²) in [6.07, 6.45) is -0.661. The van der Waals surface area contributed by atoms with Crippen molar-refractivity contribution in [3.05, 3.63) is 73.9 Å². The second-order valence-corrected chi connectivity index (χ2v) is 4.87. The minimum absolute atomic E-state index is 0. The van der Waals surface area contributed by atoms with Gasteiger partial charge in [-0.15, -0.1) is 11.6 Å². The molecular weight excluding hydrogens is 606 g/mol. The van der Waals surface area contributed by atoms with E-state index in [2.05, 4.69) is 26.1 Å². The molecule has 0 spiro atoms. The summed E-state index contributed by atoms with van der Waals surface area (Å²) in [6, 6.07) is 14.7. The fourth-order valence-electron chi connectivity index (χ4n) is 1.65. The molecule has 0 aliphatic rings.